The number of nitrogens with one attached hydrogen (secondary N) is 1. The molecule has 0 fully saturated rings. The highest BCUT2D eigenvalue weighted by Crippen LogP contribution is 2.26. The number of hydrogen-bond acceptors (Lipinski definition) is 3. The molecule has 114 valence electrons. The maximum absolute atomic E-state index is 12.2. The van der Waals surface area contributed by atoms with E-state index in [1.807, 2.05) is 19.1 Å². The third kappa shape index (κ3) is 4.81. The molecular weight excluding hydrogens is 282 g/mol. The first kappa shape index (κ1) is 16.0. The third-order valence-electron chi connectivity index (χ3n) is 3.46. The average molecular weight is 305 g/mol. The van der Waals surface area contributed by atoms with E-state index in [4.69, 9.17) is 4.74 Å². The number of aryl methyl sites for hydroxylation is 1. The number of hydrogen-bond donors (Lipinski definition) is 1. The number of amides is 1. The number of thioether (sulfide) groups is 1. The van der Waals surface area contributed by atoms with Crippen LogP contribution in [0.5, 0.6) is 0 Å². The van der Waals surface area contributed by atoms with Crippen LogP contribution in [0.25, 0.3) is 0 Å². The van der Waals surface area contributed by atoms with Crippen LogP contribution >= 0.6 is 11.8 Å². The summed E-state index contributed by atoms with van der Waals surface area (Å²) in [5, 5.41) is 2.94. The maximum atomic E-state index is 12.2. The van der Waals surface area contributed by atoms with Gasteiger partial charge in [0.1, 0.15) is 10.7 Å². The Labute approximate surface area is 131 Å². The monoisotopic (exact) mass is 305 g/mol. The zero-order chi connectivity index (χ0) is 15.1. The SMILES string of the molecule is CCCCCc1ccc(NC(=O)C2=C(C)OCCS2)cc1. The topological polar surface area (TPSA) is 38.3 Å². The van der Waals surface area contributed by atoms with Crippen LogP contribution in [0.2, 0.25) is 0 Å². The molecular formula is C17H23NO2S. The van der Waals surface area contributed by atoms with Crippen molar-refractivity contribution in [3.05, 3.63) is 40.5 Å². The largest absolute Gasteiger partial charge is 0.496 e. The summed E-state index contributed by atoms with van der Waals surface area (Å²) in [6.45, 7) is 4.74. The van der Waals surface area contributed by atoms with E-state index in [2.05, 4.69) is 24.4 Å². The minimum absolute atomic E-state index is 0.0732. The molecule has 0 aliphatic carbocycles. The normalized spacial score (nSPS) is 14.8. The number of carbonyl (C=O) groups is 1. The fraction of sp³-hybridized carbons (Fsp3) is 0.471. The van der Waals surface area contributed by atoms with Gasteiger partial charge in [0.25, 0.3) is 5.91 Å². The van der Waals surface area contributed by atoms with Gasteiger partial charge in [0.05, 0.1) is 6.61 Å². The molecule has 0 spiro atoms. The highest BCUT2D eigenvalue weighted by molar-refractivity contribution is 8.04. The highest BCUT2D eigenvalue weighted by Gasteiger charge is 2.18. The molecule has 1 N–H and O–H groups in total. The van der Waals surface area contributed by atoms with E-state index < -0.39 is 0 Å². The van der Waals surface area contributed by atoms with Gasteiger partial charge < -0.3 is 10.1 Å². The first-order valence-electron chi connectivity index (χ1n) is 7.57. The molecule has 0 unspecified atom stereocenters. The Hall–Kier alpha value is -1.42. The fourth-order valence-corrected chi connectivity index (χ4v) is 3.07. The maximum Gasteiger partial charge on any atom is 0.265 e. The fourth-order valence-electron chi connectivity index (χ4n) is 2.25. The van der Waals surface area contributed by atoms with Gasteiger partial charge in [0, 0.05) is 11.4 Å². The molecule has 0 saturated carbocycles. The number of carbonyl (C=O) groups excluding carboxylic acids is 1. The van der Waals surface area contributed by atoms with Crippen LogP contribution < -0.4 is 5.32 Å². The third-order valence-corrected chi connectivity index (χ3v) is 4.59. The van der Waals surface area contributed by atoms with Gasteiger partial charge in [-0.3, -0.25) is 4.79 Å². The van der Waals surface area contributed by atoms with Gasteiger partial charge in [-0.2, -0.15) is 0 Å². The molecule has 1 heterocycles. The summed E-state index contributed by atoms with van der Waals surface area (Å²) in [6, 6.07) is 8.14. The molecule has 0 radical (unpaired) electrons. The van der Waals surface area contributed by atoms with E-state index >= 15 is 0 Å². The van der Waals surface area contributed by atoms with Crippen molar-refractivity contribution in [1.82, 2.24) is 0 Å². The van der Waals surface area contributed by atoms with Crippen LogP contribution in [-0.4, -0.2) is 18.3 Å². The van der Waals surface area contributed by atoms with E-state index in [-0.39, 0.29) is 5.91 Å². The molecule has 0 aromatic heterocycles. The number of allylic oxidation sites excluding steroid dienone is 1. The standard InChI is InChI=1S/C17H23NO2S/c1-3-4-5-6-14-7-9-15(10-8-14)18-17(19)16-13(2)20-11-12-21-16/h7-10H,3-6,11-12H2,1-2H3,(H,18,19). The first-order valence-corrected chi connectivity index (χ1v) is 8.56. The van der Waals surface area contributed by atoms with Crippen molar-refractivity contribution in [2.45, 2.75) is 39.5 Å². The van der Waals surface area contributed by atoms with Crippen LogP contribution in [0.1, 0.15) is 38.7 Å². The zero-order valence-corrected chi connectivity index (χ0v) is 13.6. The molecule has 0 atom stereocenters. The van der Waals surface area contributed by atoms with Crippen LogP contribution in [0.4, 0.5) is 5.69 Å². The molecule has 1 amide bonds. The number of anilines is 1. The van der Waals surface area contributed by atoms with Crippen molar-refractivity contribution >= 4 is 23.4 Å². The number of rotatable bonds is 6. The van der Waals surface area contributed by atoms with Crippen LogP contribution in [-0.2, 0) is 16.0 Å². The van der Waals surface area contributed by atoms with E-state index in [1.165, 1.54) is 24.8 Å². The van der Waals surface area contributed by atoms with Gasteiger partial charge in [-0.05, 0) is 37.5 Å². The Balaban J connectivity index is 1.92. The van der Waals surface area contributed by atoms with Crippen molar-refractivity contribution in [1.29, 1.82) is 0 Å². The van der Waals surface area contributed by atoms with Crippen LogP contribution in [0, 0.1) is 0 Å². The predicted molar refractivity (Wildman–Crippen MR) is 89.4 cm³/mol. The van der Waals surface area contributed by atoms with Gasteiger partial charge in [-0.25, -0.2) is 0 Å². The Morgan fingerprint density at radius 3 is 2.71 bits per heavy atom. The Bertz CT molecular complexity index is 508. The molecule has 0 saturated heterocycles. The lowest BCUT2D eigenvalue weighted by Crippen LogP contribution is -2.18. The molecule has 4 heteroatoms. The lowest BCUT2D eigenvalue weighted by atomic mass is 10.1. The van der Waals surface area contributed by atoms with Gasteiger partial charge >= 0.3 is 0 Å². The highest BCUT2D eigenvalue weighted by atomic mass is 32.2. The minimum Gasteiger partial charge on any atom is -0.496 e. The smallest absolute Gasteiger partial charge is 0.265 e. The summed E-state index contributed by atoms with van der Waals surface area (Å²) in [4.78, 5) is 12.9. The summed E-state index contributed by atoms with van der Waals surface area (Å²) in [6.07, 6.45) is 4.84. The number of benzene rings is 1. The van der Waals surface area contributed by atoms with Gasteiger partial charge in [0.2, 0.25) is 0 Å². The predicted octanol–water partition coefficient (Wildman–Crippen LogP) is 4.35. The zero-order valence-electron chi connectivity index (χ0n) is 12.8. The second kappa shape index (κ2) is 8.13. The van der Waals surface area contributed by atoms with E-state index in [1.54, 1.807) is 11.8 Å². The van der Waals surface area contributed by atoms with E-state index in [0.29, 0.717) is 11.5 Å². The van der Waals surface area contributed by atoms with E-state index in [9.17, 15) is 4.79 Å². The van der Waals surface area contributed by atoms with Crippen molar-refractivity contribution in [2.24, 2.45) is 0 Å². The van der Waals surface area contributed by atoms with Gasteiger partial charge in [0.15, 0.2) is 0 Å². The second-order valence-electron chi connectivity index (χ2n) is 5.19. The van der Waals surface area contributed by atoms with Crippen molar-refractivity contribution in [2.75, 3.05) is 17.7 Å². The lowest BCUT2D eigenvalue weighted by Gasteiger charge is -2.17. The lowest BCUT2D eigenvalue weighted by molar-refractivity contribution is -0.112. The van der Waals surface area contributed by atoms with Crippen LogP contribution in [0.15, 0.2) is 34.9 Å². The molecule has 21 heavy (non-hydrogen) atoms. The second-order valence-corrected chi connectivity index (χ2v) is 6.30. The summed E-state index contributed by atoms with van der Waals surface area (Å²) in [7, 11) is 0. The van der Waals surface area contributed by atoms with Crippen molar-refractivity contribution in [3.63, 3.8) is 0 Å². The molecule has 1 aromatic carbocycles. The minimum atomic E-state index is -0.0732. The Morgan fingerprint density at radius 1 is 1.29 bits per heavy atom. The van der Waals surface area contributed by atoms with Crippen molar-refractivity contribution < 1.29 is 9.53 Å². The van der Waals surface area contributed by atoms with E-state index in [0.717, 1.165) is 23.6 Å². The van der Waals surface area contributed by atoms with Gasteiger partial charge in [-0.1, -0.05) is 31.9 Å². The van der Waals surface area contributed by atoms with Crippen molar-refractivity contribution in [3.8, 4) is 0 Å². The number of ether oxygens (including phenoxy) is 1. The molecule has 2 rings (SSSR count). The molecule has 1 aliphatic rings. The van der Waals surface area contributed by atoms with Crippen LogP contribution in [0.3, 0.4) is 0 Å². The average Bonchev–Trinajstić information content (AvgIpc) is 2.49. The molecule has 1 aliphatic heterocycles. The molecule has 1 aromatic rings. The Kier molecular flexibility index (Phi) is 6.18. The van der Waals surface area contributed by atoms with Gasteiger partial charge in [-0.15, -0.1) is 11.8 Å². The first-order chi connectivity index (χ1) is 10.2. The summed E-state index contributed by atoms with van der Waals surface area (Å²) in [5.74, 6) is 1.48. The Morgan fingerprint density at radius 2 is 2.05 bits per heavy atom. The molecule has 0 bridgehead atoms. The summed E-state index contributed by atoms with van der Waals surface area (Å²) < 4.78 is 5.42. The number of unbranched alkanes of at least 4 members (excludes halogenated alkanes) is 2. The molecule has 3 nitrogen and oxygen atoms in total. The summed E-state index contributed by atoms with van der Waals surface area (Å²) in [5.41, 5.74) is 2.16. The summed E-state index contributed by atoms with van der Waals surface area (Å²) >= 11 is 1.56. The quantitative estimate of drug-likeness (QED) is 0.794.